The van der Waals surface area contributed by atoms with Gasteiger partial charge >= 0.3 is 0 Å². The van der Waals surface area contributed by atoms with Crippen LogP contribution in [0, 0.1) is 12.3 Å². The second kappa shape index (κ2) is 7.95. The molecule has 0 radical (unpaired) electrons. The minimum atomic E-state index is 0.127. The van der Waals surface area contributed by atoms with Crippen LogP contribution in [0.1, 0.15) is 29.7 Å². The minimum Gasteiger partial charge on any atom is -0.481 e. The Kier molecular flexibility index (Phi) is 5.21. The topological polar surface area (TPSA) is 55.8 Å². The SMILES string of the molecule is COc1ccc(CC(C)n2c(=N)n(Cc3ccc(C)cc3)c3ccccc32)cn1. The van der Waals surface area contributed by atoms with Gasteiger partial charge < -0.3 is 13.9 Å². The van der Waals surface area contributed by atoms with Crippen molar-refractivity contribution in [2.75, 3.05) is 7.11 Å². The molecule has 1 unspecified atom stereocenters. The molecule has 5 heteroatoms. The number of fused-ring (bicyclic) bond motifs is 1. The average Bonchev–Trinajstić information content (AvgIpc) is 3.02. The third-order valence-corrected chi connectivity index (χ3v) is 5.36. The van der Waals surface area contributed by atoms with Crippen LogP contribution in [-0.2, 0) is 13.0 Å². The van der Waals surface area contributed by atoms with E-state index < -0.39 is 0 Å². The Bertz CT molecular complexity index is 1170. The highest BCUT2D eigenvalue weighted by Crippen LogP contribution is 2.21. The van der Waals surface area contributed by atoms with Gasteiger partial charge in [-0.2, -0.15) is 0 Å². The molecule has 2 heterocycles. The van der Waals surface area contributed by atoms with Crippen LogP contribution < -0.4 is 10.4 Å². The molecule has 0 spiro atoms. The first-order valence-corrected chi connectivity index (χ1v) is 9.85. The van der Waals surface area contributed by atoms with Crippen molar-refractivity contribution in [3.63, 3.8) is 0 Å². The van der Waals surface area contributed by atoms with Crippen LogP contribution in [0.4, 0.5) is 0 Å². The number of pyridine rings is 1. The molecule has 2 aromatic heterocycles. The number of imidazole rings is 1. The number of aryl methyl sites for hydroxylation is 1. The molecule has 0 saturated heterocycles. The van der Waals surface area contributed by atoms with Gasteiger partial charge in [0.05, 0.1) is 24.7 Å². The van der Waals surface area contributed by atoms with Gasteiger partial charge in [-0.1, -0.05) is 48.0 Å². The van der Waals surface area contributed by atoms with Gasteiger partial charge in [0.15, 0.2) is 0 Å². The summed E-state index contributed by atoms with van der Waals surface area (Å²) < 4.78 is 9.36. The highest BCUT2D eigenvalue weighted by atomic mass is 16.5. The Balaban J connectivity index is 1.71. The van der Waals surface area contributed by atoms with E-state index in [1.54, 1.807) is 7.11 Å². The number of para-hydroxylation sites is 2. The van der Waals surface area contributed by atoms with Crippen LogP contribution in [0.15, 0.2) is 66.9 Å². The zero-order chi connectivity index (χ0) is 20.4. The first kappa shape index (κ1) is 19.0. The highest BCUT2D eigenvalue weighted by Gasteiger charge is 2.16. The van der Waals surface area contributed by atoms with Crippen LogP contribution in [0.5, 0.6) is 5.88 Å². The van der Waals surface area contributed by atoms with Crippen LogP contribution in [-0.4, -0.2) is 21.2 Å². The molecular weight excluding hydrogens is 360 g/mol. The summed E-state index contributed by atoms with van der Waals surface area (Å²) in [5.74, 6) is 0.616. The van der Waals surface area contributed by atoms with E-state index in [-0.39, 0.29) is 6.04 Å². The second-order valence-corrected chi connectivity index (χ2v) is 7.52. The van der Waals surface area contributed by atoms with Gasteiger partial charge in [-0.15, -0.1) is 0 Å². The number of hydrogen-bond donors (Lipinski definition) is 1. The summed E-state index contributed by atoms with van der Waals surface area (Å²) in [6.07, 6.45) is 2.65. The highest BCUT2D eigenvalue weighted by molar-refractivity contribution is 5.76. The Labute approximate surface area is 170 Å². The fourth-order valence-electron chi connectivity index (χ4n) is 3.82. The van der Waals surface area contributed by atoms with E-state index in [2.05, 4.69) is 64.4 Å². The molecule has 2 aromatic carbocycles. The van der Waals surface area contributed by atoms with Crippen molar-refractivity contribution < 1.29 is 4.74 Å². The van der Waals surface area contributed by atoms with E-state index in [0.29, 0.717) is 18.0 Å². The molecule has 4 aromatic rings. The smallest absolute Gasteiger partial charge is 0.212 e. The van der Waals surface area contributed by atoms with Crippen molar-refractivity contribution in [2.45, 2.75) is 32.9 Å². The number of rotatable bonds is 6. The number of hydrogen-bond acceptors (Lipinski definition) is 3. The summed E-state index contributed by atoms with van der Waals surface area (Å²) in [5, 5.41) is 8.92. The Hall–Kier alpha value is -3.34. The van der Waals surface area contributed by atoms with Gasteiger partial charge in [0.25, 0.3) is 0 Å². The van der Waals surface area contributed by atoms with Crippen molar-refractivity contribution in [1.29, 1.82) is 5.41 Å². The van der Waals surface area contributed by atoms with Gasteiger partial charge in [0.1, 0.15) is 0 Å². The zero-order valence-corrected chi connectivity index (χ0v) is 17.1. The molecule has 0 amide bonds. The van der Waals surface area contributed by atoms with Gasteiger partial charge in [0.2, 0.25) is 11.5 Å². The third kappa shape index (κ3) is 3.81. The van der Waals surface area contributed by atoms with Crippen LogP contribution in [0.2, 0.25) is 0 Å². The molecule has 1 atom stereocenters. The van der Waals surface area contributed by atoms with Crippen LogP contribution in [0.3, 0.4) is 0 Å². The fraction of sp³-hybridized carbons (Fsp3) is 0.250. The van der Waals surface area contributed by atoms with Crippen LogP contribution in [0.25, 0.3) is 11.0 Å². The average molecular weight is 386 g/mol. The molecule has 148 valence electrons. The molecule has 0 aliphatic carbocycles. The van der Waals surface area contributed by atoms with E-state index in [9.17, 15) is 0 Å². The van der Waals surface area contributed by atoms with E-state index in [4.69, 9.17) is 10.1 Å². The monoisotopic (exact) mass is 386 g/mol. The number of aromatic nitrogens is 3. The summed E-state index contributed by atoms with van der Waals surface area (Å²) in [7, 11) is 1.62. The van der Waals surface area contributed by atoms with E-state index in [1.165, 1.54) is 11.1 Å². The number of methoxy groups -OCH3 is 1. The molecule has 1 N–H and O–H groups in total. The quantitative estimate of drug-likeness (QED) is 0.531. The Morgan fingerprint density at radius 3 is 2.31 bits per heavy atom. The first-order valence-electron chi connectivity index (χ1n) is 9.85. The molecule has 0 aliphatic rings. The normalized spacial score (nSPS) is 12.2. The lowest BCUT2D eigenvalue weighted by Gasteiger charge is -2.15. The van der Waals surface area contributed by atoms with Gasteiger partial charge in [-0.25, -0.2) is 4.98 Å². The molecule has 29 heavy (non-hydrogen) atoms. The molecule has 0 bridgehead atoms. The first-order chi connectivity index (χ1) is 14.1. The Morgan fingerprint density at radius 2 is 1.66 bits per heavy atom. The third-order valence-electron chi connectivity index (χ3n) is 5.36. The molecule has 4 rings (SSSR count). The van der Waals surface area contributed by atoms with Crippen molar-refractivity contribution in [3.05, 3.63) is 89.2 Å². The van der Waals surface area contributed by atoms with Gasteiger partial charge in [-0.3, -0.25) is 5.41 Å². The zero-order valence-electron chi connectivity index (χ0n) is 17.1. The predicted octanol–water partition coefficient (Wildman–Crippen LogP) is 4.49. The van der Waals surface area contributed by atoms with E-state index in [0.717, 1.165) is 23.0 Å². The lowest BCUT2D eigenvalue weighted by Crippen LogP contribution is -2.28. The molecule has 5 nitrogen and oxygen atoms in total. The fourth-order valence-corrected chi connectivity index (χ4v) is 3.82. The standard InChI is InChI=1S/C24H26N4O/c1-17-8-10-19(11-9-17)16-27-21-6-4-5-7-22(21)28(24(27)25)18(2)14-20-12-13-23(29-3)26-15-20/h4-13,15,18,25H,14,16H2,1-3H3. The summed E-state index contributed by atoms with van der Waals surface area (Å²) in [5.41, 5.74) is 6.25. The minimum absolute atomic E-state index is 0.127. The summed E-state index contributed by atoms with van der Waals surface area (Å²) in [6.45, 7) is 4.93. The summed E-state index contributed by atoms with van der Waals surface area (Å²) in [4.78, 5) is 4.31. The second-order valence-electron chi connectivity index (χ2n) is 7.52. The largest absolute Gasteiger partial charge is 0.481 e. The number of nitrogens with zero attached hydrogens (tertiary/aromatic N) is 3. The Morgan fingerprint density at radius 1 is 0.966 bits per heavy atom. The van der Waals surface area contributed by atoms with Crippen molar-refractivity contribution >= 4 is 11.0 Å². The number of ether oxygens (including phenoxy) is 1. The maximum atomic E-state index is 8.92. The van der Waals surface area contributed by atoms with E-state index >= 15 is 0 Å². The lowest BCUT2D eigenvalue weighted by molar-refractivity contribution is 0.397. The number of benzene rings is 2. The molecule has 0 saturated carbocycles. The molecule has 0 fully saturated rings. The summed E-state index contributed by atoms with van der Waals surface area (Å²) in [6, 6.07) is 20.8. The lowest BCUT2D eigenvalue weighted by atomic mass is 10.1. The van der Waals surface area contributed by atoms with Crippen molar-refractivity contribution in [1.82, 2.24) is 14.1 Å². The van der Waals surface area contributed by atoms with Gasteiger partial charge in [0, 0.05) is 18.3 Å². The van der Waals surface area contributed by atoms with Crippen molar-refractivity contribution in [2.24, 2.45) is 0 Å². The van der Waals surface area contributed by atoms with E-state index in [1.807, 2.05) is 30.5 Å². The maximum Gasteiger partial charge on any atom is 0.212 e. The molecule has 0 aliphatic heterocycles. The molecular formula is C24H26N4O. The number of nitrogens with one attached hydrogen (secondary N) is 1. The predicted molar refractivity (Wildman–Crippen MR) is 115 cm³/mol. The van der Waals surface area contributed by atoms with Crippen LogP contribution >= 0.6 is 0 Å². The van der Waals surface area contributed by atoms with Crippen molar-refractivity contribution in [3.8, 4) is 5.88 Å². The maximum absolute atomic E-state index is 8.92. The summed E-state index contributed by atoms with van der Waals surface area (Å²) >= 11 is 0. The van der Waals surface area contributed by atoms with Gasteiger partial charge in [-0.05, 0) is 43.5 Å².